The fraction of sp³-hybridized carbons (Fsp3) is 0.348. The predicted molar refractivity (Wildman–Crippen MR) is 109 cm³/mol. The zero-order valence-corrected chi connectivity index (χ0v) is 17.1. The van der Waals surface area contributed by atoms with Crippen LogP contribution in [0.25, 0.3) is 0 Å². The van der Waals surface area contributed by atoms with E-state index in [4.69, 9.17) is 4.74 Å². The second-order valence-corrected chi connectivity index (χ2v) is 7.94. The molecule has 2 aromatic carbocycles. The van der Waals surface area contributed by atoms with Gasteiger partial charge >= 0.3 is 12.1 Å². The molecule has 0 N–H and O–H groups in total. The maximum absolute atomic E-state index is 12.9. The number of benzene rings is 2. The van der Waals surface area contributed by atoms with Crippen LogP contribution in [0.5, 0.6) is 5.75 Å². The normalized spacial score (nSPS) is 19.0. The van der Waals surface area contributed by atoms with Gasteiger partial charge in [-0.1, -0.05) is 18.2 Å². The van der Waals surface area contributed by atoms with Crippen LogP contribution in [0.1, 0.15) is 30.4 Å². The van der Waals surface area contributed by atoms with Crippen molar-refractivity contribution in [2.24, 2.45) is 5.92 Å². The molecule has 0 spiro atoms. The van der Waals surface area contributed by atoms with Gasteiger partial charge < -0.3 is 14.5 Å². The number of alkyl halides is 3. The van der Waals surface area contributed by atoms with Crippen molar-refractivity contribution in [2.45, 2.75) is 32.0 Å². The van der Waals surface area contributed by atoms with E-state index in [1.54, 1.807) is 29.2 Å². The van der Waals surface area contributed by atoms with Gasteiger partial charge in [0.15, 0.2) is 0 Å². The van der Waals surface area contributed by atoms with Crippen LogP contribution in [-0.4, -0.2) is 35.8 Å². The van der Waals surface area contributed by atoms with E-state index in [1.807, 2.05) is 0 Å². The molecule has 168 valence electrons. The molecule has 6 nitrogen and oxygen atoms in total. The van der Waals surface area contributed by atoms with Crippen molar-refractivity contribution in [3.05, 3.63) is 59.7 Å². The van der Waals surface area contributed by atoms with E-state index in [2.05, 4.69) is 0 Å². The van der Waals surface area contributed by atoms with Gasteiger partial charge in [-0.3, -0.25) is 14.4 Å². The largest absolute Gasteiger partial charge is 0.426 e. The maximum Gasteiger partial charge on any atom is 0.416 e. The Morgan fingerprint density at radius 2 is 1.84 bits per heavy atom. The molecule has 2 amide bonds. The molecule has 0 saturated carbocycles. The number of carbonyl (C=O) groups excluding carboxylic acids is 3. The molecule has 1 unspecified atom stereocenters. The molecule has 0 aromatic heterocycles. The highest BCUT2D eigenvalue weighted by atomic mass is 19.4. The highest BCUT2D eigenvalue weighted by molar-refractivity contribution is 5.95. The predicted octanol–water partition coefficient (Wildman–Crippen LogP) is 3.79. The number of ether oxygens (including phenoxy) is 1. The number of nitrogens with zero attached hydrogens (tertiary/aromatic N) is 2. The third kappa shape index (κ3) is 4.76. The first-order valence-corrected chi connectivity index (χ1v) is 10.3. The summed E-state index contributed by atoms with van der Waals surface area (Å²) in [6.45, 7) is 0.662. The molecule has 1 atom stereocenters. The number of anilines is 1. The van der Waals surface area contributed by atoms with Crippen molar-refractivity contribution in [3.63, 3.8) is 0 Å². The summed E-state index contributed by atoms with van der Waals surface area (Å²) in [5.41, 5.74) is 0.200. The smallest absolute Gasteiger partial charge is 0.416 e. The van der Waals surface area contributed by atoms with Crippen LogP contribution < -0.4 is 9.64 Å². The summed E-state index contributed by atoms with van der Waals surface area (Å²) in [5.74, 6) is -1.34. The first kappa shape index (κ1) is 21.9. The van der Waals surface area contributed by atoms with Crippen LogP contribution in [-0.2, 0) is 27.1 Å². The van der Waals surface area contributed by atoms with Gasteiger partial charge in [0.05, 0.1) is 11.5 Å². The Hall–Kier alpha value is -3.36. The molecule has 2 aromatic rings. The number of esters is 1. The lowest BCUT2D eigenvalue weighted by molar-refractivity contribution is -0.139. The average Bonchev–Trinajstić information content (AvgIpc) is 3.33. The minimum absolute atomic E-state index is 0.0140. The Morgan fingerprint density at radius 1 is 1.06 bits per heavy atom. The standard InChI is InChI=1S/C23H21F3N2O4/c24-23(25,26)17-5-1-4-15(10-17)13-27-14-16(11-21(27)30)22(31)32-19-7-2-6-18(12-19)28-9-3-8-20(28)29/h1-2,4-7,10,12,16H,3,8-9,11,13-14H2. The quantitative estimate of drug-likeness (QED) is 0.518. The van der Waals surface area contributed by atoms with Gasteiger partial charge in [0.1, 0.15) is 5.75 Å². The molecule has 2 saturated heterocycles. The van der Waals surface area contributed by atoms with Gasteiger partial charge in [0.2, 0.25) is 11.8 Å². The second kappa shape index (κ2) is 8.64. The minimum atomic E-state index is -4.47. The van der Waals surface area contributed by atoms with Crippen LogP contribution in [0.4, 0.5) is 18.9 Å². The Kier molecular flexibility index (Phi) is 5.90. The van der Waals surface area contributed by atoms with Crippen molar-refractivity contribution in [1.29, 1.82) is 0 Å². The molecular weight excluding hydrogens is 425 g/mol. The summed E-state index contributed by atoms with van der Waals surface area (Å²) in [5, 5.41) is 0. The van der Waals surface area contributed by atoms with E-state index >= 15 is 0 Å². The van der Waals surface area contributed by atoms with Crippen LogP contribution in [0.3, 0.4) is 0 Å². The van der Waals surface area contributed by atoms with Gasteiger partial charge in [0, 0.05) is 44.2 Å². The second-order valence-electron chi connectivity index (χ2n) is 7.94. The van der Waals surface area contributed by atoms with Gasteiger partial charge in [-0.25, -0.2) is 0 Å². The van der Waals surface area contributed by atoms with E-state index < -0.39 is 23.6 Å². The molecule has 0 bridgehead atoms. The molecule has 2 aliphatic rings. The maximum atomic E-state index is 12.9. The number of hydrogen-bond acceptors (Lipinski definition) is 4. The Labute approximate surface area is 182 Å². The van der Waals surface area contributed by atoms with E-state index in [9.17, 15) is 27.6 Å². The van der Waals surface area contributed by atoms with Gasteiger partial charge in [-0.2, -0.15) is 13.2 Å². The van der Waals surface area contributed by atoms with Crippen molar-refractivity contribution >= 4 is 23.5 Å². The lowest BCUT2D eigenvalue weighted by Gasteiger charge is -2.18. The fourth-order valence-corrected chi connectivity index (χ4v) is 3.98. The van der Waals surface area contributed by atoms with E-state index in [1.165, 1.54) is 17.0 Å². The lowest BCUT2D eigenvalue weighted by atomic mass is 10.1. The number of likely N-dealkylation sites (tertiary alicyclic amines) is 1. The van der Waals surface area contributed by atoms with Crippen LogP contribution >= 0.6 is 0 Å². The summed E-state index contributed by atoms with van der Waals surface area (Å²) in [7, 11) is 0. The fourth-order valence-electron chi connectivity index (χ4n) is 3.98. The number of carbonyl (C=O) groups is 3. The van der Waals surface area contributed by atoms with Crippen molar-refractivity contribution in [2.75, 3.05) is 18.0 Å². The van der Waals surface area contributed by atoms with E-state index in [-0.39, 0.29) is 37.1 Å². The summed E-state index contributed by atoms with van der Waals surface area (Å²) in [6.07, 6.45) is -3.28. The summed E-state index contributed by atoms with van der Waals surface area (Å²) in [4.78, 5) is 39.9. The first-order chi connectivity index (χ1) is 15.2. The van der Waals surface area contributed by atoms with Crippen molar-refractivity contribution in [1.82, 2.24) is 4.90 Å². The topological polar surface area (TPSA) is 66.9 Å². The van der Waals surface area contributed by atoms with Gasteiger partial charge in [0.25, 0.3) is 0 Å². The third-order valence-electron chi connectivity index (χ3n) is 5.60. The minimum Gasteiger partial charge on any atom is -0.426 e. The van der Waals surface area contributed by atoms with Crippen molar-refractivity contribution in [3.8, 4) is 5.75 Å². The molecule has 32 heavy (non-hydrogen) atoms. The van der Waals surface area contributed by atoms with E-state index in [0.29, 0.717) is 24.2 Å². The number of hydrogen-bond donors (Lipinski definition) is 0. The zero-order chi connectivity index (χ0) is 22.9. The van der Waals surface area contributed by atoms with Crippen LogP contribution in [0, 0.1) is 5.92 Å². The first-order valence-electron chi connectivity index (χ1n) is 10.3. The molecule has 2 heterocycles. The monoisotopic (exact) mass is 446 g/mol. The lowest BCUT2D eigenvalue weighted by Crippen LogP contribution is -2.27. The molecular formula is C23H21F3N2O4. The van der Waals surface area contributed by atoms with E-state index in [0.717, 1.165) is 18.6 Å². The number of amides is 2. The molecule has 2 aliphatic heterocycles. The van der Waals surface area contributed by atoms with Crippen LogP contribution in [0.2, 0.25) is 0 Å². The Balaban J connectivity index is 1.39. The molecule has 4 rings (SSSR count). The Morgan fingerprint density at radius 3 is 2.56 bits per heavy atom. The number of rotatable bonds is 5. The molecule has 0 aliphatic carbocycles. The highest BCUT2D eigenvalue weighted by Gasteiger charge is 2.36. The highest BCUT2D eigenvalue weighted by Crippen LogP contribution is 2.31. The van der Waals surface area contributed by atoms with Crippen LogP contribution in [0.15, 0.2) is 48.5 Å². The summed E-state index contributed by atoms with van der Waals surface area (Å²) >= 11 is 0. The van der Waals surface area contributed by atoms with Gasteiger partial charge in [-0.15, -0.1) is 0 Å². The number of halogens is 3. The third-order valence-corrected chi connectivity index (χ3v) is 5.60. The molecule has 9 heteroatoms. The van der Waals surface area contributed by atoms with Crippen molar-refractivity contribution < 1.29 is 32.3 Å². The van der Waals surface area contributed by atoms with Gasteiger partial charge in [-0.05, 0) is 36.2 Å². The Bertz CT molecular complexity index is 1050. The zero-order valence-electron chi connectivity index (χ0n) is 17.1. The summed E-state index contributed by atoms with van der Waals surface area (Å²) in [6, 6.07) is 11.4. The molecule has 2 fully saturated rings. The SMILES string of the molecule is O=C(Oc1cccc(N2CCCC2=O)c1)C1CC(=O)N(Cc2cccc(C(F)(F)F)c2)C1. The molecule has 0 radical (unpaired) electrons. The average molecular weight is 446 g/mol. The summed E-state index contributed by atoms with van der Waals surface area (Å²) < 4.78 is 44.2.